The van der Waals surface area contributed by atoms with Gasteiger partial charge in [0.25, 0.3) is 0 Å². The summed E-state index contributed by atoms with van der Waals surface area (Å²) in [6, 6.07) is 2.06. The molecule has 0 aliphatic carbocycles. The van der Waals surface area contributed by atoms with Gasteiger partial charge in [-0.3, -0.25) is 9.69 Å². The van der Waals surface area contributed by atoms with Crippen molar-refractivity contribution < 1.29 is 4.79 Å². The largest absolute Gasteiger partial charge is 0.298 e. The van der Waals surface area contributed by atoms with E-state index in [1.54, 1.807) is 0 Å². The SMILES string of the molecule is CN(CCC#N)CC(=O)C(C)(C)C. The second-order valence-electron chi connectivity index (χ2n) is 4.32. The van der Waals surface area contributed by atoms with Gasteiger partial charge in [0.1, 0.15) is 0 Å². The summed E-state index contributed by atoms with van der Waals surface area (Å²) in [5.74, 6) is 0.216. The summed E-state index contributed by atoms with van der Waals surface area (Å²) in [6.07, 6.45) is 0.480. The van der Waals surface area contributed by atoms with Crippen molar-refractivity contribution in [3.05, 3.63) is 0 Å². The van der Waals surface area contributed by atoms with E-state index >= 15 is 0 Å². The highest BCUT2D eigenvalue weighted by molar-refractivity contribution is 5.85. The minimum atomic E-state index is -0.277. The molecule has 0 N–H and O–H groups in total. The predicted molar refractivity (Wildman–Crippen MR) is 52.2 cm³/mol. The predicted octanol–water partition coefficient (Wildman–Crippen LogP) is 1.45. The number of Topliss-reactive ketones (excluding diaryl/α,β-unsaturated/α-hetero) is 1. The number of rotatable bonds is 4. The Balaban J connectivity index is 3.87. The van der Waals surface area contributed by atoms with Crippen molar-refractivity contribution >= 4 is 5.78 Å². The molecule has 0 amide bonds. The monoisotopic (exact) mass is 182 g/mol. The number of nitriles is 1. The highest BCUT2D eigenvalue weighted by Crippen LogP contribution is 2.14. The minimum Gasteiger partial charge on any atom is -0.298 e. The number of carbonyl (C=O) groups excluding carboxylic acids is 1. The topological polar surface area (TPSA) is 44.1 Å². The zero-order valence-corrected chi connectivity index (χ0v) is 8.92. The lowest BCUT2D eigenvalue weighted by atomic mass is 9.90. The van der Waals surface area contributed by atoms with Gasteiger partial charge < -0.3 is 0 Å². The van der Waals surface area contributed by atoms with Gasteiger partial charge in [-0.05, 0) is 7.05 Å². The van der Waals surface area contributed by atoms with Crippen molar-refractivity contribution in [1.29, 1.82) is 5.26 Å². The molecular weight excluding hydrogens is 164 g/mol. The molecule has 0 saturated carbocycles. The van der Waals surface area contributed by atoms with Crippen LogP contribution in [0.5, 0.6) is 0 Å². The Morgan fingerprint density at radius 2 is 2.00 bits per heavy atom. The lowest BCUT2D eigenvalue weighted by Crippen LogP contribution is -2.33. The molecule has 0 fully saturated rings. The van der Waals surface area contributed by atoms with Crippen LogP contribution in [0.1, 0.15) is 27.2 Å². The molecule has 74 valence electrons. The van der Waals surface area contributed by atoms with Crippen LogP contribution in [-0.4, -0.2) is 30.8 Å². The molecule has 0 aromatic carbocycles. The van der Waals surface area contributed by atoms with Gasteiger partial charge in [-0.2, -0.15) is 5.26 Å². The van der Waals surface area contributed by atoms with E-state index < -0.39 is 0 Å². The van der Waals surface area contributed by atoms with E-state index in [1.807, 2.05) is 32.7 Å². The average molecular weight is 182 g/mol. The van der Waals surface area contributed by atoms with Gasteiger partial charge in [0.15, 0.2) is 5.78 Å². The fraction of sp³-hybridized carbons (Fsp3) is 0.800. The summed E-state index contributed by atoms with van der Waals surface area (Å²) in [5, 5.41) is 8.35. The van der Waals surface area contributed by atoms with Gasteiger partial charge in [-0.1, -0.05) is 20.8 Å². The molecule has 3 nitrogen and oxygen atoms in total. The molecule has 0 saturated heterocycles. The van der Waals surface area contributed by atoms with Crippen LogP contribution in [0.15, 0.2) is 0 Å². The van der Waals surface area contributed by atoms with Crippen molar-refractivity contribution in [2.75, 3.05) is 20.1 Å². The summed E-state index contributed by atoms with van der Waals surface area (Å²) in [6.45, 7) is 6.83. The maximum absolute atomic E-state index is 11.5. The number of likely N-dealkylation sites (N-methyl/N-ethyl adjacent to an activating group) is 1. The minimum absolute atomic E-state index is 0.216. The van der Waals surface area contributed by atoms with Crippen LogP contribution in [0.2, 0.25) is 0 Å². The maximum atomic E-state index is 11.5. The fourth-order valence-electron chi connectivity index (χ4n) is 0.802. The zero-order valence-electron chi connectivity index (χ0n) is 8.92. The van der Waals surface area contributed by atoms with Crippen LogP contribution in [0.4, 0.5) is 0 Å². The second-order valence-corrected chi connectivity index (χ2v) is 4.32. The van der Waals surface area contributed by atoms with E-state index in [1.165, 1.54) is 0 Å². The maximum Gasteiger partial charge on any atom is 0.152 e. The third-order valence-corrected chi connectivity index (χ3v) is 1.86. The van der Waals surface area contributed by atoms with E-state index in [0.29, 0.717) is 19.5 Å². The van der Waals surface area contributed by atoms with Gasteiger partial charge in [-0.15, -0.1) is 0 Å². The number of ketones is 1. The van der Waals surface area contributed by atoms with Crippen molar-refractivity contribution in [3.63, 3.8) is 0 Å². The van der Waals surface area contributed by atoms with Gasteiger partial charge >= 0.3 is 0 Å². The molecule has 0 aromatic rings. The summed E-state index contributed by atoms with van der Waals surface area (Å²) >= 11 is 0. The number of hydrogen-bond acceptors (Lipinski definition) is 3. The van der Waals surface area contributed by atoms with Gasteiger partial charge in [-0.25, -0.2) is 0 Å². The lowest BCUT2D eigenvalue weighted by Gasteiger charge is -2.21. The molecule has 0 aliphatic heterocycles. The molecule has 0 rings (SSSR count). The number of hydrogen-bond donors (Lipinski definition) is 0. The van der Waals surface area contributed by atoms with E-state index in [9.17, 15) is 4.79 Å². The molecular formula is C10H18N2O. The molecule has 0 heterocycles. The summed E-state index contributed by atoms with van der Waals surface area (Å²) in [4.78, 5) is 13.4. The lowest BCUT2D eigenvalue weighted by molar-refractivity contribution is -0.127. The highest BCUT2D eigenvalue weighted by atomic mass is 16.1. The molecule has 0 spiro atoms. The molecule has 0 aromatic heterocycles. The Bertz CT molecular complexity index is 210. The molecule has 0 bridgehead atoms. The molecule has 0 atom stereocenters. The van der Waals surface area contributed by atoms with Gasteiger partial charge in [0, 0.05) is 18.4 Å². The van der Waals surface area contributed by atoms with Crippen LogP contribution in [0.25, 0.3) is 0 Å². The van der Waals surface area contributed by atoms with Crippen molar-refractivity contribution in [3.8, 4) is 6.07 Å². The first kappa shape index (κ1) is 12.1. The Hall–Kier alpha value is -0.880. The van der Waals surface area contributed by atoms with Crippen LogP contribution in [-0.2, 0) is 4.79 Å². The number of carbonyl (C=O) groups is 1. The molecule has 0 radical (unpaired) electrons. The van der Waals surface area contributed by atoms with Crippen LogP contribution < -0.4 is 0 Å². The first-order valence-corrected chi connectivity index (χ1v) is 4.46. The first-order chi connectivity index (χ1) is 5.88. The molecule has 0 unspecified atom stereocenters. The summed E-state index contributed by atoms with van der Waals surface area (Å²) in [7, 11) is 1.86. The first-order valence-electron chi connectivity index (χ1n) is 4.46. The third kappa shape index (κ3) is 5.37. The van der Waals surface area contributed by atoms with E-state index in [2.05, 4.69) is 6.07 Å². The summed E-state index contributed by atoms with van der Waals surface area (Å²) < 4.78 is 0. The van der Waals surface area contributed by atoms with Crippen molar-refractivity contribution in [2.45, 2.75) is 27.2 Å². The Morgan fingerprint density at radius 3 is 2.38 bits per heavy atom. The average Bonchev–Trinajstić information content (AvgIpc) is 1.99. The van der Waals surface area contributed by atoms with Crippen LogP contribution in [0.3, 0.4) is 0 Å². The normalized spacial score (nSPS) is 11.4. The van der Waals surface area contributed by atoms with Gasteiger partial charge in [0.05, 0.1) is 12.6 Å². The highest BCUT2D eigenvalue weighted by Gasteiger charge is 2.21. The Labute approximate surface area is 80.3 Å². The quantitative estimate of drug-likeness (QED) is 0.661. The van der Waals surface area contributed by atoms with Gasteiger partial charge in [0.2, 0.25) is 0 Å². The van der Waals surface area contributed by atoms with Crippen molar-refractivity contribution in [2.24, 2.45) is 5.41 Å². The Morgan fingerprint density at radius 1 is 1.46 bits per heavy atom. The number of nitrogens with zero attached hydrogens (tertiary/aromatic N) is 2. The van der Waals surface area contributed by atoms with E-state index in [-0.39, 0.29) is 11.2 Å². The molecule has 13 heavy (non-hydrogen) atoms. The van der Waals surface area contributed by atoms with Crippen LogP contribution >= 0.6 is 0 Å². The van der Waals surface area contributed by atoms with E-state index in [4.69, 9.17) is 5.26 Å². The third-order valence-electron chi connectivity index (χ3n) is 1.86. The molecule has 0 aliphatic rings. The zero-order chi connectivity index (χ0) is 10.5. The fourth-order valence-corrected chi connectivity index (χ4v) is 0.802. The summed E-state index contributed by atoms with van der Waals surface area (Å²) in [5.41, 5.74) is -0.277. The van der Waals surface area contributed by atoms with Crippen LogP contribution in [0, 0.1) is 16.7 Å². The second kappa shape index (κ2) is 4.98. The standard InChI is InChI=1S/C10H18N2O/c1-10(2,3)9(13)8-12(4)7-5-6-11/h5,7-8H2,1-4H3. The Kier molecular flexibility index (Phi) is 4.64. The van der Waals surface area contributed by atoms with Crippen molar-refractivity contribution in [1.82, 2.24) is 4.90 Å². The molecule has 3 heteroatoms. The van der Waals surface area contributed by atoms with E-state index in [0.717, 1.165) is 0 Å². The smallest absolute Gasteiger partial charge is 0.152 e.